The van der Waals surface area contributed by atoms with Crippen molar-refractivity contribution in [3.8, 4) is 0 Å². The minimum absolute atomic E-state index is 0.0707. The maximum absolute atomic E-state index is 13.6. The number of piperazine rings is 1. The Kier molecular flexibility index (Phi) is 5.90. The third-order valence-electron chi connectivity index (χ3n) is 6.14. The average Bonchev–Trinajstić information content (AvgIpc) is 2.77. The summed E-state index contributed by atoms with van der Waals surface area (Å²) in [6, 6.07) is 11.0. The van der Waals surface area contributed by atoms with E-state index in [-0.39, 0.29) is 22.7 Å². The number of anilines is 2. The molecule has 166 valence electrons. The lowest BCUT2D eigenvalue weighted by molar-refractivity contribution is -0.132. The van der Waals surface area contributed by atoms with E-state index in [0.717, 1.165) is 36.3 Å². The fourth-order valence-electron chi connectivity index (χ4n) is 4.43. The van der Waals surface area contributed by atoms with Gasteiger partial charge >= 0.3 is 0 Å². The molecule has 0 radical (unpaired) electrons. The van der Waals surface area contributed by atoms with Crippen LogP contribution in [0, 0.1) is 5.82 Å². The quantitative estimate of drug-likeness (QED) is 0.776. The maximum Gasteiger partial charge on any atom is 0.245 e. The van der Waals surface area contributed by atoms with E-state index in [2.05, 4.69) is 9.80 Å². The van der Waals surface area contributed by atoms with Crippen molar-refractivity contribution in [3.63, 3.8) is 0 Å². The molecule has 0 unspecified atom stereocenters. The molecule has 9 heteroatoms. The highest BCUT2D eigenvalue weighted by Crippen LogP contribution is 2.30. The molecule has 2 heterocycles. The first-order chi connectivity index (χ1) is 14.7. The van der Waals surface area contributed by atoms with Gasteiger partial charge < -0.3 is 14.7 Å². The number of primary sulfonamides is 1. The SMILES string of the molecule is C[C@H](C(=O)N1CCN(c2ccc(S(N)(=O)=O)cc2)CC1)N1CCCc2cc(F)ccc21. The van der Waals surface area contributed by atoms with Crippen LogP contribution >= 0.6 is 0 Å². The lowest BCUT2D eigenvalue weighted by atomic mass is 9.99. The van der Waals surface area contributed by atoms with Gasteiger partial charge in [0.2, 0.25) is 15.9 Å². The number of carbonyl (C=O) groups excluding carboxylic acids is 1. The monoisotopic (exact) mass is 446 g/mol. The molecular formula is C22H27FN4O3S. The number of hydrogen-bond donors (Lipinski definition) is 1. The number of nitrogens with two attached hydrogens (primary N) is 1. The van der Waals surface area contributed by atoms with E-state index in [1.54, 1.807) is 24.3 Å². The lowest BCUT2D eigenvalue weighted by Crippen LogP contribution is -2.55. The second-order valence-electron chi connectivity index (χ2n) is 8.10. The third-order valence-corrected chi connectivity index (χ3v) is 7.07. The van der Waals surface area contributed by atoms with Gasteiger partial charge in [-0.05, 0) is 67.8 Å². The summed E-state index contributed by atoms with van der Waals surface area (Å²) >= 11 is 0. The molecule has 31 heavy (non-hydrogen) atoms. The molecule has 1 amide bonds. The van der Waals surface area contributed by atoms with Crippen molar-refractivity contribution >= 4 is 27.3 Å². The van der Waals surface area contributed by atoms with Crippen molar-refractivity contribution in [3.05, 3.63) is 53.8 Å². The molecule has 0 spiro atoms. The Morgan fingerprint density at radius 3 is 2.35 bits per heavy atom. The van der Waals surface area contributed by atoms with Crippen molar-refractivity contribution in [2.45, 2.75) is 30.7 Å². The molecule has 2 N–H and O–H groups in total. The zero-order valence-corrected chi connectivity index (χ0v) is 18.3. The van der Waals surface area contributed by atoms with Gasteiger partial charge in [-0.2, -0.15) is 0 Å². The summed E-state index contributed by atoms with van der Waals surface area (Å²) in [5.74, 6) is -0.172. The second kappa shape index (κ2) is 8.47. The average molecular weight is 447 g/mol. The number of aryl methyl sites for hydroxylation is 1. The minimum Gasteiger partial charge on any atom is -0.368 e. The Bertz CT molecular complexity index is 1070. The van der Waals surface area contributed by atoms with E-state index in [0.29, 0.717) is 26.2 Å². The van der Waals surface area contributed by atoms with Crippen molar-refractivity contribution in [2.75, 3.05) is 42.5 Å². The topological polar surface area (TPSA) is 87.0 Å². The highest BCUT2D eigenvalue weighted by molar-refractivity contribution is 7.89. The molecule has 4 rings (SSSR count). The largest absolute Gasteiger partial charge is 0.368 e. The Hall–Kier alpha value is -2.65. The maximum atomic E-state index is 13.6. The molecule has 2 aliphatic heterocycles. The fraction of sp³-hybridized carbons (Fsp3) is 0.409. The van der Waals surface area contributed by atoms with E-state index in [1.165, 1.54) is 18.2 Å². The molecule has 7 nitrogen and oxygen atoms in total. The highest BCUT2D eigenvalue weighted by atomic mass is 32.2. The third kappa shape index (κ3) is 4.52. The van der Waals surface area contributed by atoms with Gasteiger partial charge in [-0.25, -0.2) is 17.9 Å². The summed E-state index contributed by atoms with van der Waals surface area (Å²) in [6.07, 6.45) is 1.73. The van der Waals surface area contributed by atoms with E-state index in [4.69, 9.17) is 5.14 Å². The predicted molar refractivity (Wildman–Crippen MR) is 118 cm³/mol. The van der Waals surface area contributed by atoms with Crippen LogP contribution in [0.1, 0.15) is 18.9 Å². The van der Waals surface area contributed by atoms with Crippen LogP contribution in [-0.4, -0.2) is 58.0 Å². The first kappa shape index (κ1) is 21.6. The molecule has 1 saturated heterocycles. The van der Waals surface area contributed by atoms with Crippen LogP contribution in [0.3, 0.4) is 0 Å². The van der Waals surface area contributed by atoms with E-state index in [9.17, 15) is 17.6 Å². The summed E-state index contributed by atoms with van der Waals surface area (Å²) in [7, 11) is -3.71. The summed E-state index contributed by atoms with van der Waals surface area (Å²) in [4.78, 5) is 19.3. The van der Waals surface area contributed by atoms with Gasteiger partial charge in [-0.3, -0.25) is 4.79 Å². The van der Waals surface area contributed by atoms with Crippen LogP contribution in [-0.2, 0) is 21.2 Å². The minimum atomic E-state index is -3.71. The predicted octanol–water partition coefficient (Wildman–Crippen LogP) is 1.96. The molecular weight excluding hydrogens is 419 g/mol. The van der Waals surface area contributed by atoms with Crippen molar-refractivity contribution < 1.29 is 17.6 Å². The van der Waals surface area contributed by atoms with Crippen molar-refractivity contribution in [1.29, 1.82) is 0 Å². The van der Waals surface area contributed by atoms with Crippen LogP contribution < -0.4 is 14.9 Å². The summed E-state index contributed by atoms with van der Waals surface area (Å²) in [5, 5.41) is 5.16. The van der Waals surface area contributed by atoms with Gasteiger partial charge in [0.15, 0.2) is 0 Å². The number of benzene rings is 2. The summed E-state index contributed by atoms with van der Waals surface area (Å²) in [6.45, 7) is 5.19. The van der Waals surface area contributed by atoms with Gasteiger partial charge in [0.05, 0.1) is 4.90 Å². The van der Waals surface area contributed by atoms with Gasteiger partial charge in [-0.1, -0.05) is 0 Å². The number of carbonyl (C=O) groups is 1. The van der Waals surface area contributed by atoms with Crippen LogP contribution in [0.25, 0.3) is 0 Å². The Balaban J connectivity index is 1.40. The number of halogens is 1. The first-order valence-corrected chi connectivity index (χ1v) is 12.0. The molecule has 1 atom stereocenters. The Morgan fingerprint density at radius 1 is 1.03 bits per heavy atom. The standard InChI is InChI=1S/C22H27FN4O3S/c1-16(27-10-2-3-17-15-18(23)4-9-21(17)27)22(28)26-13-11-25(12-14-26)19-5-7-20(8-6-19)31(24,29)30/h4-9,15-16H,2-3,10-14H2,1H3,(H2,24,29,30)/t16-/m1/s1. The van der Waals surface area contributed by atoms with Gasteiger partial charge in [0, 0.05) is 44.1 Å². The molecule has 0 bridgehead atoms. The van der Waals surface area contributed by atoms with E-state index < -0.39 is 10.0 Å². The van der Waals surface area contributed by atoms with Crippen molar-refractivity contribution in [2.24, 2.45) is 5.14 Å². The Morgan fingerprint density at radius 2 is 1.71 bits per heavy atom. The smallest absolute Gasteiger partial charge is 0.245 e. The Labute approximate surface area is 182 Å². The van der Waals surface area contributed by atoms with Gasteiger partial charge in [0.25, 0.3) is 0 Å². The molecule has 0 aliphatic carbocycles. The summed E-state index contributed by atoms with van der Waals surface area (Å²) < 4.78 is 36.4. The zero-order chi connectivity index (χ0) is 22.2. The van der Waals surface area contributed by atoms with Crippen LogP contribution in [0.15, 0.2) is 47.4 Å². The molecule has 1 fully saturated rings. The number of amides is 1. The second-order valence-corrected chi connectivity index (χ2v) is 9.66. The number of sulfonamides is 1. The van der Waals surface area contributed by atoms with Crippen LogP contribution in [0.2, 0.25) is 0 Å². The molecule has 0 aromatic heterocycles. The van der Waals surface area contributed by atoms with Crippen LogP contribution in [0.4, 0.5) is 15.8 Å². The molecule has 2 aliphatic rings. The fourth-order valence-corrected chi connectivity index (χ4v) is 4.94. The number of fused-ring (bicyclic) bond motifs is 1. The molecule has 2 aromatic rings. The number of rotatable bonds is 4. The first-order valence-electron chi connectivity index (χ1n) is 10.5. The molecule has 2 aromatic carbocycles. The van der Waals surface area contributed by atoms with Crippen molar-refractivity contribution in [1.82, 2.24) is 4.90 Å². The summed E-state index contributed by atoms with van der Waals surface area (Å²) in [5.41, 5.74) is 2.81. The normalized spacial score (nSPS) is 18.0. The van der Waals surface area contributed by atoms with Crippen LogP contribution in [0.5, 0.6) is 0 Å². The number of nitrogens with zero attached hydrogens (tertiary/aromatic N) is 3. The highest BCUT2D eigenvalue weighted by Gasteiger charge is 2.31. The molecule has 0 saturated carbocycles. The van der Waals surface area contributed by atoms with E-state index in [1.807, 2.05) is 11.8 Å². The van der Waals surface area contributed by atoms with E-state index >= 15 is 0 Å². The van der Waals surface area contributed by atoms with Gasteiger partial charge in [-0.15, -0.1) is 0 Å². The zero-order valence-electron chi connectivity index (χ0n) is 17.5. The van der Waals surface area contributed by atoms with Gasteiger partial charge in [0.1, 0.15) is 11.9 Å². The number of hydrogen-bond acceptors (Lipinski definition) is 5. The lowest BCUT2D eigenvalue weighted by Gasteiger charge is -2.41.